The molecule has 156 valence electrons. The van der Waals surface area contributed by atoms with Gasteiger partial charge in [-0.15, -0.1) is 0 Å². The highest BCUT2D eigenvalue weighted by Gasteiger charge is 2.29. The predicted molar refractivity (Wildman–Crippen MR) is 101 cm³/mol. The second-order valence-corrected chi connectivity index (χ2v) is 9.50. The van der Waals surface area contributed by atoms with E-state index in [1.807, 2.05) is 4.90 Å². The van der Waals surface area contributed by atoms with Gasteiger partial charge in [0.05, 0.1) is 11.4 Å². The molecule has 28 heavy (non-hydrogen) atoms. The zero-order valence-electron chi connectivity index (χ0n) is 15.9. The molecule has 1 saturated heterocycles. The van der Waals surface area contributed by atoms with Crippen LogP contribution in [0, 0.1) is 17.6 Å². The zero-order chi connectivity index (χ0) is 20.1. The van der Waals surface area contributed by atoms with Crippen LogP contribution in [-0.4, -0.2) is 62.8 Å². The molecular weight excluding hydrogens is 388 g/mol. The lowest BCUT2D eigenvalue weighted by atomic mass is 9.89. The summed E-state index contributed by atoms with van der Waals surface area (Å²) in [4.78, 5) is 13.8. The van der Waals surface area contributed by atoms with Crippen LogP contribution < -0.4 is 5.32 Å². The predicted octanol–water partition coefficient (Wildman–Crippen LogP) is 1.97. The molecule has 1 aliphatic carbocycles. The van der Waals surface area contributed by atoms with Crippen LogP contribution >= 0.6 is 0 Å². The molecular formula is C19H27F2N3O3S. The number of rotatable bonds is 6. The molecule has 1 saturated carbocycles. The van der Waals surface area contributed by atoms with Crippen LogP contribution in [0.15, 0.2) is 23.1 Å². The molecule has 9 heteroatoms. The molecule has 0 bridgehead atoms. The van der Waals surface area contributed by atoms with Crippen molar-refractivity contribution in [3.05, 3.63) is 29.8 Å². The first-order chi connectivity index (χ1) is 13.4. The van der Waals surface area contributed by atoms with E-state index in [1.54, 1.807) is 0 Å². The summed E-state index contributed by atoms with van der Waals surface area (Å²) in [6, 6.07) is 2.59. The second kappa shape index (κ2) is 9.28. The number of carbonyl (C=O) groups is 1. The Kier molecular flexibility index (Phi) is 7.00. The van der Waals surface area contributed by atoms with Crippen molar-refractivity contribution in [1.82, 2.24) is 14.5 Å². The molecule has 6 nitrogen and oxygen atoms in total. The SMILES string of the molecule is O=C(CN1CCN(S(=O)(=O)c2ccc(F)c(F)c2)CC1)NCC1CCCCC1. The van der Waals surface area contributed by atoms with Crippen LogP contribution in [-0.2, 0) is 14.8 Å². The van der Waals surface area contributed by atoms with Gasteiger partial charge in [-0.05, 0) is 37.0 Å². The Hall–Kier alpha value is -1.58. The molecule has 1 amide bonds. The van der Waals surface area contributed by atoms with Gasteiger partial charge in [-0.25, -0.2) is 17.2 Å². The van der Waals surface area contributed by atoms with E-state index in [0.29, 0.717) is 31.6 Å². The molecule has 0 radical (unpaired) electrons. The van der Waals surface area contributed by atoms with Crippen LogP contribution in [0.1, 0.15) is 32.1 Å². The molecule has 1 aromatic rings. The van der Waals surface area contributed by atoms with Crippen molar-refractivity contribution in [3.63, 3.8) is 0 Å². The Morgan fingerprint density at radius 3 is 2.36 bits per heavy atom. The number of halogens is 2. The Morgan fingerprint density at radius 2 is 1.71 bits per heavy atom. The number of carbonyl (C=O) groups excluding carboxylic acids is 1. The standard InChI is InChI=1S/C19H27F2N3O3S/c20-17-7-6-16(12-18(17)21)28(26,27)24-10-8-23(9-11-24)14-19(25)22-13-15-4-2-1-3-5-15/h6-7,12,15H,1-5,8-11,13-14H2,(H,22,25). The molecule has 1 aliphatic heterocycles. The van der Waals surface area contributed by atoms with Crippen molar-refractivity contribution in [2.75, 3.05) is 39.3 Å². The van der Waals surface area contributed by atoms with Gasteiger partial charge in [0.25, 0.3) is 0 Å². The van der Waals surface area contributed by atoms with E-state index in [-0.39, 0.29) is 30.4 Å². The third kappa shape index (κ3) is 5.27. The maximum atomic E-state index is 13.4. The van der Waals surface area contributed by atoms with Gasteiger partial charge >= 0.3 is 0 Å². The van der Waals surface area contributed by atoms with E-state index in [4.69, 9.17) is 0 Å². The molecule has 0 aromatic heterocycles. The number of sulfonamides is 1. The number of hydrogen-bond donors (Lipinski definition) is 1. The minimum Gasteiger partial charge on any atom is -0.355 e. The summed E-state index contributed by atoms with van der Waals surface area (Å²) in [6.45, 7) is 2.20. The van der Waals surface area contributed by atoms with Crippen LogP contribution in [0.5, 0.6) is 0 Å². The summed E-state index contributed by atoms with van der Waals surface area (Å²) in [5, 5.41) is 2.99. The van der Waals surface area contributed by atoms with E-state index in [0.717, 1.165) is 12.1 Å². The highest BCUT2D eigenvalue weighted by atomic mass is 32.2. The van der Waals surface area contributed by atoms with E-state index in [9.17, 15) is 22.0 Å². The van der Waals surface area contributed by atoms with Gasteiger partial charge in [-0.1, -0.05) is 19.3 Å². The average Bonchev–Trinajstić information content (AvgIpc) is 2.69. The van der Waals surface area contributed by atoms with Crippen LogP contribution in [0.4, 0.5) is 8.78 Å². The van der Waals surface area contributed by atoms with Crippen LogP contribution in [0.3, 0.4) is 0 Å². The topological polar surface area (TPSA) is 69.7 Å². The molecule has 1 heterocycles. The van der Waals surface area contributed by atoms with E-state index in [1.165, 1.54) is 36.4 Å². The number of nitrogens with zero attached hydrogens (tertiary/aromatic N) is 2. The van der Waals surface area contributed by atoms with Gasteiger partial charge in [0.2, 0.25) is 15.9 Å². The normalized spacial score (nSPS) is 20.2. The number of piperazine rings is 1. The Balaban J connectivity index is 1.47. The summed E-state index contributed by atoms with van der Waals surface area (Å²) in [5.74, 6) is -1.74. The monoisotopic (exact) mass is 415 g/mol. The molecule has 0 atom stereocenters. The molecule has 1 N–H and O–H groups in total. The lowest BCUT2D eigenvalue weighted by Gasteiger charge is -2.33. The van der Waals surface area contributed by atoms with Crippen molar-refractivity contribution >= 4 is 15.9 Å². The van der Waals surface area contributed by atoms with Gasteiger partial charge in [0.15, 0.2) is 11.6 Å². The Labute approximate surface area is 164 Å². The molecule has 1 aromatic carbocycles. The second-order valence-electron chi connectivity index (χ2n) is 7.56. The fourth-order valence-electron chi connectivity index (χ4n) is 3.82. The van der Waals surface area contributed by atoms with E-state index >= 15 is 0 Å². The molecule has 0 unspecified atom stereocenters. The summed E-state index contributed by atoms with van der Waals surface area (Å²) < 4.78 is 52.9. The first-order valence-corrected chi connectivity index (χ1v) is 11.2. The number of hydrogen-bond acceptors (Lipinski definition) is 4. The molecule has 0 spiro atoms. The first-order valence-electron chi connectivity index (χ1n) is 9.80. The van der Waals surface area contributed by atoms with E-state index in [2.05, 4.69) is 5.32 Å². The summed E-state index contributed by atoms with van der Waals surface area (Å²) in [6.07, 6.45) is 6.08. The highest BCUT2D eigenvalue weighted by molar-refractivity contribution is 7.89. The van der Waals surface area contributed by atoms with Gasteiger partial charge in [-0.2, -0.15) is 4.31 Å². The van der Waals surface area contributed by atoms with Crippen molar-refractivity contribution in [3.8, 4) is 0 Å². The first kappa shape index (κ1) is 21.1. The van der Waals surface area contributed by atoms with Crippen molar-refractivity contribution in [2.24, 2.45) is 5.92 Å². The summed E-state index contributed by atoms with van der Waals surface area (Å²) in [7, 11) is -3.88. The fourth-order valence-corrected chi connectivity index (χ4v) is 5.26. The van der Waals surface area contributed by atoms with Crippen molar-refractivity contribution in [2.45, 2.75) is 37.0 Å². The lowest BCUT2D eigenvalue weighted by Crippen LogP contribution is -2.51. The highest BCUT2D eigenvalue weighted by Crippen LogP contribution is 2.23. The molecule has 3 rings (SSSR count). The smallest absolute Gasteiger partial charge is 0.243 e. The largest absolute Gasteiger partial charge is 0.355 e. The van der Waals surface area contributed by atoms with Gasteiger partial charge in [0.1, 0.15) is 0 Å². The number of nitrogens with one attached hydrogen (secondary N) is 1. The Morgan fingerprint density at radius 1 is 1.04 bits per heavy atom. The van der Waals surface area contributed by atoms with Gasteiger partial charge in [-0.3, -0.25) is 9.69 Å². The molecule has 2 fully saturated rings. The lowest BCUT2D eigenvalue weighted by molar-refractivity contribution is -0.122. The van der Waals surface area contributed by atoms with Crippen molar-refractivity contribution in [1.29, 1.82) is 0 Å². The van der Waals surface area contributed by atoms with Crippen LogP contribution in [0.2, 0.25) is 0 Å². The zero-order valence-corrected chi connectivity index (χ0v) is 16.7. The van der Waals surface area contributed by atoms with E-state index < -0.39 is 21.7 Å². The van der Waals surface area contributed by atoms with Crippen LogP contribution in [0.25, 0.3) is 0 Å². The Bertz CT molecular complexity index is 790. The minimum absolute atomic E-state index is 0.0394. The number of amides is 1. The average molecular weight is 416 g/mol. The summed E-state index contributed by atoms with van der Waals surface area (Å²) >= 11 is 0. The quantitative estimate of drug-likeness (QED) is 0.771. The molecule has 2 aliphatic rings. The third-order valence-electron chi connectivity index (χ3n) is 5.54. The van der Waals surface area contributed by atoms with Crippen molar-refractivity contribution < 1.29 is 22.0 Å². The van der Waals surface area contributed by atoms with Gasteiger partial charge < -0.3 is 5.32 Å². The maximum absolute atomic E-state index is 13.4. The fraction of sp³-hybridized carbons (Fsp3) is 0.632. The maximum Gasteiger partial charge on any atom is 0.243 e. The van der Waals surface area contributed by atoms with Gasteiger partial charge in [0, 0.05) is 32.7 Å². The summed E-state index contributed by atoms with van der Waals surface area (Å²) in [5.41, 5.74) is 0. The third-order valence-corrected chi connectivity index (χ3v) is 7.43. The number of benzene rings is 1. The minimum atomic E-state index is -3.88.